The summed E-state index contributed by atoms with van der Waals surface area (Å²) in [5.41, 5.74) is 4.71. The summed E-state index contributed by atoms with van der Waals surface area (Å²) in [5, 5.41) is 3.48. The van der Waals surface area contributed by atoms with Crippen LogP contribution >= 0.6 is 31.9 Å². The molecule has 1 aliphatic rings. The summed E-state index contributed by atoms with van der Waals surface area (Å²) >= 11 is 7.21. The maximum absolute atomic E-state index is 5.43. The number of hydrogen-bond donors (Lipinski definition) is 1. The minimum atomic E-state index is 0.293. The molecule has 3 rings (SSSR count). The van der Waals surface area contributed by atoms with Crippen molar-refractivity contribution in [3.63, 3.8) is 0 Å². The molecule has 2 aromatic carbocycles. The molecule has 0 aliphatic carbocycles. The van der Waals surface area contributed by atoms with E-state index in [4.69, 9.17) is 9.47 Å². The van der Waals surface area contributed by atoms with Crippen LogP contribution in [-0.2, 0) is 6.54 Å². The molecule has 1 N–H and O–H groups in total. The first kappa shape index (κ1) is 14.7. The lowest BCUT2D eigenvalue weighted by Crippen LogP contribution is -2.03. The van der Waals surface area contributed by atoms with Crippen molar-refractivity contribution in [2.75, 3.05) is 12.1 Å². The molecule has 0 aromatic heterocycles. The Morgan fingerprint density at radius 2 is 1.71 bits per heavy atom. The molecule has 0 fully saturated rings. The van der Waals surface area contributed by atoms with Crippen molar-refractivity contribution in [1.82, 2.24) is 0 Å². The van der Waals surface area contributed by atoms with Crippen LogP contribution in [0.1, 0.15) is 16.7 Å². The summed E-state index contributed by atoms with van der Waals surface area (Å²) in [4.78, 5) is 0. The van der Waals surface area contributed by atoms with Gasteiger partial charge in [0.05, 0.1) is 5.69 Å². The Kier molecular flexibility index (Phi) is 4.13. The zero-order chi connectivity index (χ0) is 15.0. The smallest absolute Gasteiger partial charge is 0.231 e. The van der Waals surface area contributed by atoms with Gasteiger partial charge in [0.15, 0.2) is 11.5 Å². The number of nitrogens with one attached hydrogen (secondary N) is 1. The number of aryl methyl sites for hydroxylation is 2. The highest BCUT2D eigenvalue weighted by atomic mass is 79.9. The first-order valence-electron chi connectivity index (χ1n) is 6.63. The van der Waals surface area contributed by atoms with E-state index in [0.29, 0.717) is 13.3 Å². The fourth-order valence-corrected chi connectivity index (χ4v) is 3.69. The standard InChI is InChI=1S/C16H15Br2NO2/c1-9-3-10(2)16(13(18)4-9)19-7-11-5-14-15(6-12(11)17)21-8-20-14/h3-6,19H,7-8H2,1-2H3. The number of anilines is 1. The van der Waals surface area contributed by atoms with Crippen LogP contribution in [0.2, 0.25) is 0 Å². The van der Waals surface area contributed by atoms with E-state index in [-0.39, 0.29) is 0 Å². The number of fused-ring (bicyclic) bond motifs is 1. The number of benzene rings is 2. The maximum atomic E-state index is 5.43. The van der Waals surface area contributed by atoms with Crippen LogP contribution in [0.25, 0.3) is 0 Å². The topological polar surface area (TPSA) is 30.5 Å². The predicted octanol–water partition coefficient (Wildman–Crippen LogP) is 5.17. The van der Waals surface area contributed by atoms with Gasteiger partial charge in [-0.2, -0.15) is 0 Å². The summed E-state index contributed by atoms with van der Waals surface area (Å²) in [6, 6.07) is 8.25. The average Bonchev–Trinajstić information content (AvgIpc) is 2.84. The van der Waals surface area contributed by atoms with Gasteiger partial charge in [0, 0.05) is 15.5 Å². The molecule has 1 aliphatic heterocycles. The quantitative estimate of drug-likeness (QED) is 0.754. The van der Waals surface area contributed by atoms with Gasteiger partial charge in [-0.05, 0) is 64.7 Å². The highest BCUT2D eigenvalue weighted by Crippen LogP contribution is 2.37. The van der Waals surface area contributed by atoms with E-state index < -0.39 is 0 Å². The number of halogens is 2. The zero-order valence-electron chi connectivity index (χ0n) is 11.8. The molecule has 0 unspecified atom stereocenters. The van der Waals surface area contributed by atoms with Crippen LogP contribution in [0.4, 0.5) is 5.69 Å². The van der Waals surface area contributed by atoms with Crippen molar-refractivity contribution < 1.29 is 9.47 Å². The number of hydrogen-bond acceptors (Lipinski definition) is 3. The molecule has 3 nitrogen and oxygen atoms in total. The van der Waals surface area contributed by atoms with E-state index in [1.165, 1.54) is 11.1 Å². The van der Waals surface area contributed by atoms with Crippen molar-refractivity contribution >= 4 is 37.5 Å². The molecule has 21 heavy (non-hydrogen) atoms. The SMILES string of the molecule is Cc1cc(C)c(NCc2cc3c(cc2Br)OCO3)c(Br)c1. The molecule has 110 valence electrons. The maximum Gasteiger partial charge on any atom is 0.231 e. The van der Waals surface area contributed by atoms with Gasteiger partial charge < -0.3 is 14.8 Å². The summed E-state index contributed by atoms with van der Waals surface area (Å²) in [6.07, 6.45) is 0. The first-order valence-corrected chi connectivity index (χ1v) is 8.22. The van der Waals surface area contributed by atoms with E-state index in [1.54, 1.807) is 0 Å². The Hall–Kier alpha value is -1.20. The highest BCUT2D eigenvalue weighted by Gasteiger charge is 2.16. The largest absolute Gasteiger partial charge is 0.454 e. The molecule has 0 saturated carbocycles. The lowest BCUT2D eigenvalue weighted by atomic mass is 10.1. The van der Waals surface area contributed by atoms with E-state index >= 15 is 0 Å². The second kappa shape index (κ2) is 5.89. The molecule has 1 heterocycles. The van der Waals surface area contributed by atoms with Gasteiger partial charge in [0.2, 0.25) is 6.79 Å². The number of rotatable bonds is 3. The van der Waals surface area contributed by atoms with Crippen LogP contribution in [0, 0.1) is 13.8 Å². The Balaban J connectivity index is 1.83. The van der Waals surface area contributed by atoms with Gasteiger partial charge in [-0.15, -0.1) is 0 Å². The lowest BCUT2D eigenvalue weighted by molar-refractivity contribution is 0.174. The molecule has 0 bridgehead atoms. The van der Waals surface area contributed by atoms with Crippen LogP contribution in [0.5, 0.6) is 11.5 Å². The first-order chi connectivity index (χ1) is 10.0. The third-order valence-electron chi connectivity index (χ3n) is 3.43. The second-order valence-electron chi connectivity index (χ2n) is 5.09. The van der Waals surface area contributed by atoms with Gasteiger partial charge in [0.1, 0.15) is 0 Å². The minimum Gasteiger partial charge on any atom is -0.454 e. The van der Waals surface area contributed by atoms with Crippen molar-refractivity contribution in [3.8, 4) is 11.5 Å². The Bertz CT molecular complexity index is 678. The van der Waals surface area contributed by atoms with Crippen molar-refractivity contribution in [3.05, 3.63) is 49.9 Å². The molecule has 0 amide bonds. The molecule has 0 spiro atoms. The predicted molar refractivity (Wildman–Crippen MR) is 91.2 cm³/mol. The van der Waals surface area contributed by atoms with Crippen molar-refractivity contribution in [2.45, 2.75) is 20.4 Å². The van der Waals surface area contributed by atoms with Gasteiger partial charge in [-0.1, -0.05) is 22.0 Å². The van der Waals surface area contributed by atoms with Crippen molar-refractivity contribution in [2.24, 2.45) is 0 Å². The Labute approximate surface area is 140 Å². The molecule has 2 aromatic rings. The van der Waals surface area contributed by atoms with Gasteiger partial charge in [-0.3, -0.25) is 0 Å². The summed E-state index contributed by atoms with van der Waals surface area (Å²) in [6.45, 7) is 5.20. The number of ether oxygens (including phenoxy) is 2. The van der Waals surface area contributed by atoms with Crippen molar-refractivity contribution in [1.29, 1.82) is 0 Å². The lowest BCUT2D eigenvalue weighted by Gasteiger charge is -2.14. The zero-order valence-corrected chi connectivity index (χ0v) is 15.0. The van der Waals surface area contributed by atoms with Crippen LogP contribution in [0.15, 0.2) is 33.2 Å². The molecule has 0 atom stereocenters. The fourth-order valence-electron chi connectivity index (χ4n) is 2.42. The van der Waals surface area contributed by atoms with E-state index in [9.17, 15) is 0 Å². The minimum absolute atomic E-state index is 0.293. The average molecular weight is 413 g/mol. The normalized spacial score (nSPS) is 12.6. The molecule has 0 radical (unpaired) electrons. The third kappa shape index (κ3) is 3.04. The molecular formula is C16H15Br2NO2. The van der Waals surface area contributed by atoms with E-state index in [0.717, 1.165) is 31.7 Å². The molecule has 0 saturated heterocycles. The van der Waals surface area contributed by atoms with Gasteiger partial charge in [-0.25, -0.2) is 0 Å². The summed E-state index contributed by atoms with van der Waals surface area (Å²) in [7, 11) is 0. The van der Waals surface area contributed by atoms with E-state index in [1.807, 2.05) is 12.1 Å². The van der Waals surface area contributed by atoms with Gasteiger partial charge >= 0.3 is 0 Å². The van der Waals surface area contributed by atoms with E-state index in [2.05, 4.69) is 63.2 Å². The van der Waals surface area contributed by atoms with Crippen LogP contribution in [-0.4, -0.2) is 6.79 Å². The summed E-state index contributed by atoms with van der Waals surface area (Å²) in [5.74, 6) is 1.59. The second-order valence-corrected chi connectivity index (χ2v) is 6.80. The third-order valence-corrected chi connectivity index (χ3v) is 4.79. The fraction of sp³-hybridized carbons (Fsp3) is 0.250. The van der Waals surface area contributed by atoms with Crippen LogP contribution < -0.4 is 14.8 Å². The van der Waals surface area contributed by atoms with Gasteiger partial charge in [0.25, 0.3) is 0 Å². The highest BCUT2D eigenvalue weighted by molar-refractivity contribution is 9.11. The Morgan fingerprint density at radius 3 is 2.43 bits per heavy atom. The summed E-state index contributed by atoms with van der Waals surface area (Å²) < 4.78 is 12.9. The molecular weight excluding hydrogens is 398 g/mol. The molecule has 5 heteroatoms. The Morgan fingerprint density at radius 1 is 1.00 bits per heavy atom. The monoisotopic (exact) mass is 411 g/mol. The van der Waals surface area contributed by atoms with Crippen LogP contribution in [0.3, 0.4) is 0 Å².